The average molecular weight is 368 g/mol. The molecule has 1 saturated heterocycles. The number of piperidine rings is 1. The molecule has 0 amide bonds. The zero-order valence-electron chi connectivity index (χ0n) is 14.6. The summed E-state index contributed by atoms with van der Waals surface area (Å²) in [5, 5.41) is 4.93. The van der Waals surface area contributed by atoms with Crippen molar-refractivity contribution >= 4 is 11.8 Å². The van der Waals surface area contributed by atoms with Crippen molar-refractivity contribution in [3.05, 3.63) is 48.4 Å². The van der Waals surface area contributed by atoms with Gasteiger partial charge in [-0.3, -0.25) is 9.88 Å². The van der Waals surface area contributed by atoms with Crippen LogP contribution in [0.5, 0.6) is 0 Å². The number of pyridine rings is 1. The molecule has 0 spiro atoms. The molecule has 0 bridgehead atoms. The van der Waals surface area contributed by atoms with Crippen LogP contribution < -0.4 is 0 Å². The number of thioether (sulfide) groups is 1. The SMILES string of the molecule is CSc1ncc(CN2CCC[C@H](c3nc(-c4cccnc4)no3)C2)cn1. The molecule has 4 heterocycles. The number of hydrogen-bond donors (Lipinski definition) is 0. The van der Waals surface area contributed by atoms with E-state index in [1.54, 1.807) is 24.2 Å². The Hall–Kier alpha value is -2.32. The summed E-state index contributed by atoms with van der Waals surface area (Å²) in [6.45, 7) is 2.80. The lowest BCUT2D eigenvalue weighted by molar-refractivity contribution is 0.180. The first-order valence-corrected chi connectivity index (χ1v) is 9.85. The molecule has 7 nitrogen and oxygen atoms in total. The van der Waals surface area contributed by atoms with Crippen molar-refractivity contribution < 1.29 is 4.52 Å². The van der Waals surface area contributed by atoms with E-state index in [2.05, 4.69) is 30.0 Å². The van der Waals surface area contributed by atoms with Gasteiger partial charge in [0.2, 0.25) is 11.7 Å². The fourth-order valence-electron chi connectivity index (χ4n) is 3.20. The van der Waals surface area contributed by atoms with E-state index in [0.29, 0.717) is 11.7 Å². The van der Waals surface area contributed by atoms with Crippen molar-refractivity contribution in [3.8, 4) is 11.4 Å². The molecular weight excluding hydrogens is 348 g/mol. The summed E-state index contributed by atoms with van der Waals surface area (Å²) in [5.41, 5.74) is 2.01. The Labute approximate surface area is 156 Å². The van der Waals surface area contributed by atoms with Crippen LogP contribution in [0.3, 0.4) is 0 Å². The van der Waals surface area contributed by atoms with Gasteiger partial charge in [0.1, 0.15) is 0 Å². The molecule has 8 heteroatoms. The third kappa shape index (κ3) is 3.91. The molecule has 1 fully saturated rings. The molecule has 3 aromatic heterocycles. The number of nitrogens with zero attached hydrogens (tertiary/aromatic N) is 6. The number of aromatic nitrogens is 5. The molecule has 134 valence electrons. The standard InChI is InChI=1S/C18H20N6OS/c1-26-18-20-8-13(9-21-18)11-24-7-3-5-15(12-24)17-22-16(23-25-17)14-4-2-6-19-10-14/h2,4,6,8-10,15H,3,5,7,11-12H2,1H3/t15-/m0/s1. The Bertz CT molecular complexity index is 838. The lowest BCUT2D eigenvalue weighted by atomic mass is 9.97. The Kier molecular flexibility index (Phi) is 5.21. The second kappa shape index (κ2) is 7.92. The first-order valence-electron chi connectivity index (χ1n) is 8.63. The fraction of sp³-hybridized carbons (Fsp3) is 0.389. The van der Waals surface area contributed by atoms with Crippen molar-refractivity contribution in [2.45, 2.75) is 30.5 Å². The molecule has 1 aliphatic rings. The van der Waals surface area contributed by atoms with Crippen LogP contribution in [0.2, 0.25) is 0 Å². The molecule has 1 atom stereocenters. The molecule has 4 rings (SSSR count). The number of likely N-dealkylation sites (tertiary alicyclic amines) is 1. The molecular formula is C18H20N6OS. The van der Waals surface area contributed by atoms with Gasteiger partial charge in [-0.2, -0.15) is 4.98 Å². The molecule has 0 saturated carbocycles. The Morgan fingerprint density at radius 1 is 1.27 bits per heavy atom. The summed E-state index contributed by atoms with van der Waals surface area (Å²) in [6.07, 6.45) is 11.5. The third-order valence-corrected chi connectivity index (χ3v) is 5.06. The van der Waals surface area contributed by atoms with Gasteiger partial charge in [0, 0.05) is 49.0 Å². The van der Waals surface area contributed by atoms with Crippen molar-refractivity contribution in [2.24, 2.45) is 0 Å². The van der Waals surface area contributed by atoms with Gasteiger partial charge in [-0.1, -0.05) is 16.9 Å². The van der Waals surface area contributed by atoms with Crippen LogP contribution in [0.4, 0.5) is 0 Å². The van der Waals surface area contributed by atoms with Crippen molar-refractivity contribution in [3.63, 3.8) is 0 Å². The predicted molar refractivity (Wildman–Crippen MR) is 98.6 cm³/mol. The summed E-state index contributed by atoms with van der Waals surface area (Å²) in [5.74, 6) is 1.57. The van der Waals surface area contributed by atoms with E-state index in [-0.39, 0.29) is 5.92 Å². The van der Waals surface area contributed by atoms with Crippen LogP contribution in [-0.2, 0) is 6.54 Å². The van der Waals surface area contributed by atoms with E-state index < -0.39 is 0 Å². The number of hydrogen-bond acceptors (Lipinski definition) is 8. The third-order valence-electron chi connectivity index (χ3n) is 4.49. The molecule has 0 aliphatic carbocycles. The Morgan fingerprint density at radius 2 is 2.15 bits per heavy atom. The largest absolute Gasteiger partial charge is 0.339 e. The van der Waals surface area contributed by atoms with Gasteiger partial charge < -0.3 is 4.52 Å². The minimum absolute atomic E-state index is 0.257. The van der Waals surface area contributed by atoms with Gasteiger partial charge in [0.15, 0.2) is 5.16 Å². The zero-order valence-corrected chi connectivity index (χ0v) is 15.4. The van der Waals surface area contributed by atoms with Crippen LogP contribution in [0, 0.1) is 0 Å². The predicted octanol–water partition coefficient (Wildman–Crippen LogP) is 3.02. The maximum atomic E-state index is 5.54. The minimum Gasteiger partial charge on any atom is -0.339 e. The van der Waals surface area contributed by atoms with E-state index in [1.807, 2.05) is 30.8 Å². The highest BCUT2D eigenvalue weighted by Crippen LogP contribution is 2.28. The molecule has 0 unspecified atom stereocenters. The summed E-state index contributed by atoms with van der Waals surface area (Å²) in [4.78, 5) is 19.8. The van der Waals surface area contributed by atoms with Gasteiger partial charge in [-0.15, -0.1) is 0 Å². The van der Waals surface area contributed by atoms with E-state index in [0.717, 1.165) is 48.8 Å². The van der Waals surface area contributed by atoms with E-state index in [9.17, 15) is 0 Å². The van der Waals surface area contributed by atoms with E-state index in [4.69, 9.17) is 4.52 Å². The summed E-state index contributed by atoms with van der Waals surface area (Å²) >= 11 is 1.55. The lowest BCUT2D eigenvalue weighted by Gasteiger charge is -2.30. The maximum absolute atomic E-state index is 5.54. The Balaban J connectivity index is 1.42. The summed E-state index contributed by atoms with van der Waals surface area (Å²) in [6, 6.07) is 3.81. The highest BCUT2D eigenvalue weighted by Gasteiger charge is 2.26. The van der Waals surface area contributed by atoms with Gasteiger partial charge in [-0.25, -0.2) is 9.97 Å². The molecule has 3 aromatic rings. The van der Waals surface area contributed by atoms with Crippen molar-refractivity contribution in [1.82, 2.24) is 30.0 Å². The lowest BCUT2D eigenvalue weighted by Crippen LogP contribution is -2.34. The van der Waals surface area contributed by atoms with Crippen LogP contribution in [0.25, 0.3) is 11.4 Å². The zero-order chi connectivity index (χ0) is 17.8. The minimum atomic E-state index is 0.257. The van der Waals surface area contributed by atoms with Crippen molar-refractivity contribution in [1.29, 1.82) is 0 Å². The van der Waals surface area contributed by atoms with Gasteiger partial charge >= 0.3 is 0 Å². The maximum Gasteiger partial charge on any atom is 0.231 e. The summed E-state index contributed by atoms with van der Waals surface area (Å²) in [7, 11) is 0. The van der Waals surface area contributed by atoms with Gasteiger partial charge in [0.05, 0.1) is 5.92 Å². The van der Waals surface area contributed by atoms with Crippen LogP contribution in [-0.4, -0.2) is 49.3 Å². The van der Waals surface area contributed by atoms with E-state index >= 15 is 0 Å². The van der Waals surface area contributed by atoms with Crippen LogP contribution in [0.1, 0.15) is 30.2 Å². The second-order valence-corrected chi connectivity index (χ2v) is 7.12. The second-order valence-electron chi connectivity index (χ2n) is 6.35. The monoisotopic (exact) mass is 368 g/mol. The quantitative estimate of drug-likeness (QED) is 0.502. The molecule has 0 aromatic carbocycles. The first-order chi connectivity index (χ1) is 12.8. The highest BCUT2D eigenvalue weighted by molar-refractivity contribution is 7.98. The molecule has 1 aliphatic heterocycles. The normalized spacial score (nSPS) is 18.1. The highest BCUT2D eigenvalue weighted by atomic mass is 32.2. The van der Waals surface area contributed by atoms with Gasteiger partial charge in [0.25, 0.3) is 0 Å². The van der Waals surface area contributed by atoms with Crippen molar-refractivity contribution in [2.75, 3.05) is 19.3 Å². The molecule has 26 heavy (non-hydrogen) atoms. The average Bonchev–Trinajstić information content (AvgIpc) is 3.20. The topological polar surface area (TPSA) is 80.8 Å². The summed E-state index contributed by atoms with van der Waals surface area (Å²) < 4.78 is 5.54. The Morgan fingerprint density at radius 3 is 2.92 bits per heavy atom. The van der Waals surface area contributed by atoms with Gasteiger partial charge in [-0.05, 0) is 37.8 Å². The smallest absolute Gasteiger partial charge is 0.231 e. The van der Waals surface area contributed by atoms with E-state index in [1.165, 1.54) is 0 Å². The van der Waals surface area contributed by atoms with Crippen LogP contribution in [0.15, 0.2) is 46.6 Å². The molecule has 0 N–H and O–H groups in total. The number of rotatable bonds is 5. The van der Waals surface area contributed by atoms with Crippen LogP contribution >= 0.6 is 11.8 Å². The fourth-order valence-corrected chi connectivity index (χ4v) is 3.52. The molecule has 0 radical (unpaired) electrons. The first kappa shape index (κ1) is 17.1.